The molecule has 2 fully saturated rings. The summed E-state index contributed by atoms with van der Waals surface area (Å²) < 4.78 is 0. The van der Waals surface area contributed by atoms with Gasteiger partial charge in [0.2, 0.25) is 0 Å². The summed E-state index contributed by atoms with van der Waals surface area (Å²) in [5.41, 5.74) is 5.50. The zero-order valence-corrected chi connectivity index (χ0v) is 16.4. The van der Waals surface area contributed by atoms with Gasteiger partial charge in [-0.25, -0.2) is 0 Å². The molecule has 2 nitrogen and oxygen atoms in total. The average Bonchev–Trinajstić information content (AvgIpc) is 2.52. The molecule has 0 amide bonds. The van der Waals surface area contributed by atoms with Crippen LogP contribution in [0.1, 0.15) is 70.9 Å². The Balaban J connectivity index is 1.97. The van der Waals surface area contributed by atoms with E-state index < -0.39 is 0 Å². The molecule has 0 aromatic heterocycles. The minimum absolute atomic E-state index is 0.440. The molecule has 2 aliphatic rings. The van der Waals surface area contributed by atoms with Crippen LogP contribution in [0.2, 0.25) is 0 Å². The van der Waals surface area contributed by atoms with Gasteiger partial charge in [0, 0.05) is 31.9 Å². The molecule has 134 valence electrons. The van der Waals surface area contributed by atoms with Crippen LogP contribution < -0.4 is 10.2 Å². The van der Waals surface area contributed by atoms with Crippen LogP contribution >= 0.6 is 0 Å². The Labute approximate surface area is 149 Å². The van der Waals surface area contributed by atoms with Crippen molar-refractivity contribution >= 4 is 5.69 Å². The highest BCUT2D eigenvalue weighted by atomic mass is 15.2. The monoisotopic (exact) mass is 328 g/mol. The number of anilines is 1. The third-order valence-electron chi connectivity index (χ3n) is 5.95. The second-order valence-corrected chi connectivity index (χ2v) is 9.59. The van der Waals surface area contributed by atoms with Crippen molar-refractivity contribution in [1.82, 2.24) is 5.32 Å². The van der Waals surface area contributed by atoms with E-state index in [9.17, 15) is 0 Å². The lowest BCUT2D eigenvalue weighted by Gasteiger charge is -2.46. The van der Waals surface area contributed by atoms with Crippen molar-refractivity contribution in [2.75, 3.05) is 31.1 Å². The van der Waals surface area contributed by atoms with E-state index in [1.807, 2.05) is 0 Å². The standard InChI is InChI=1S/C22H36N2/c1-6-17-7-8-20(24-11-9-23-10-12-24)19(13-17)18-14-21(2,3)16-22(4,5)15-18/h7-8,13,18,23H,6,9-12,14-16H2,1-5H3. The molecular weight excluding hydrogens is 292 g/mol. The molecule has 0 unspecified atom stereocenters. The van der Waals surface area contributed by atoms with Crippen molar-refractivity contribution in [2.45, 2.75) is 66.2 Å². The Morgan fingerprint density at radius 2 is 1.67 bits per heavy atom. The number of aryl methyl sites for hydroxylation is 1. The minimum Gasteiger partial charge on any atom is -0.369 e. The second kappa shape index (κ2) is 6.71. The number of nitrogens with one attached hydrogen (secondary N) is 1. The Kier molecular flexibility index (Phi) is 4.97. The van der Waals surface area contributed by atoms with Crippen molar-refractivity contribution < 1.29 is 0 Å². The van der Waals surface area contributed by atoms with Crippen LogP contribution in [-0.2, 0) is 6.42 Å². The first-order valence-electron chi connectivity index (χ1n) is 9.88. The normalized spacial score (nSPS) is 24.1. The summed E-state index contributed by atoms with van der Waals surface area (Å²) in [6.45, 7) is 16.6. The summed E-state index contributed by atoms with van der Waals surface area (Å²) in [7, 11) is 0. The van der Waals surface area contributed by atoms with Crippen LogP contribution in [0.25, 0.3) is 0 Å². The third-order valence-corrected chi connectivity index (χ3v) is 5.95. The fraction of sp³-hybridized carbons (Fsp3) is 0.727. The van der Waals surface area contributed by atoms with Crippen LogP contribution in [0.15, 0.2) is 18.2 Å². The predicted molar refractivity (Wildman–Crippen MR) is 105 cm³/mol. The van der Waals surface area contributed by atoms with Gasteiger partial charge >= 0.3 is 0 Å². The first kappa shape index (κ1) is 17.8. The first-order chi connectivity index (χ1) is 11.3. The van der Waals surface area contributed by atoms with Gasteiger partial charge in [0.05, 0.1) is 0 Å². The van der Waals surface area contributed by atoms with Gasteiger partial charge in [0.15, 0.2) is 0 Å². The van der Waals surface area contributed by atoms with Crippen molar-refractivity contribution in [3.63, 3.8) is 0 Å². The molecule has 1 heterocycles. The quantitative estimate of drug-likeness (QED) is 0.842. The SMILES string of the molecule is CCc1ccc(N2CCNCC2)c(C2CC(C)(C)CC(C)(C)C2)c1. The predicted octanol–water partition coefficient (Wildman–Crippen LogP) is 4.98. The van der Waals surface area contributed by atoms with E-state index in [1.54, 1.807) is 5.56 Å². The van der Waals surface area contributed by atoms with E-state index in [0.29, 0.717) is 16.7 Å². The van der Waals surface area contributed by atoms with Crippen LogP contribution in [0.4, 0.5) is 5.69 Å². The molecule has 1 aromatic carbocycles. The van der Waals surface area contributed by atoms with Gasteiger partial charge in [-0.05, 0) is 59.6 Å². The summed E-state index contributed by atoms with van der Waals surface area (Å²) >= 11 is 0. The number of piperazine rings is 1. The fourth-order valence-corrected chi connectivity index (χ4v) is 5.41. The van der Waals surface area contributed by atoms with Gasteiger partial charge in [-0.15, -0.1) is 0 Å². The smallest absolute Gasteiger partial charge is 0.0402 e. The number of hydrogen-bond donors (Lipinski definition) is 1. The van der Waals surface area contributed by atoms with Crippen LogP contribution in [0.5, 0.6) is 0 Å². The van der Waals surface area contributed by atoms with Crippen LogP contribution in [-0.4, -0.2) is 26.2 Å². The maximum atomic E-state index is 3.49. The van der Waals surface area contributed by atoms with Gasteiger partial charge in [-0.2, -0.15) is 0 Å². The molecular formula is C22H36N2. The minimum atomic E-state index is 0.440. The second-order valence-electron chi connectivity index (χ2n) is 9.59. The van der Waals surface area contributed by atoms with E-state index in [-0.39, 0.29) is 0 Å². The summed E-state index contributed by atoms with van der Waals surface area (Å²) in [6.07, 6.45) is 5.12. The lowest BCUT2D eigenvalue weighted by atomic mass is 9.60. The Hall–Kier alpha value is -1.02. The third kappa shape index (κ3) is 3.96. The lowest BCUT2D eigenvalue weighted by molar-refractivity contribution is 0.0970. The lowest BCUT2D eigenvalue weighted by Crippen LogP contribution is -2.44. The van der Waals surface area contributed by atoms with Gasteiger partial charge in [0.1, 0.15) is 0 Å². The molecule has 1 aromatic rings. The molecule has 0 atom stereocenters. The summed E-state index contributed by atoms with van der Waals surface area (Å²) in [5.74, 6) is 0.695. The number of nitrogens with zero attached hydrogens (tertiary/aromatic N) is 1. The average molecular weight is 329 g/mol. The van der Waals surface area contributed by atoms with E-state index >= 15 is 0 Å². The largest absolute Gasteiger partial charge is 0.369 e. The number of rotatable bonds is 3. The summed E-state index contributed by atoms with van der Waals surface area (Å²) in [5, 5.41) is 3.49. The van der Waals surface area contributed by atoms with Crippen LogP contribution in [0, 0.1) is 10.8 Å². The van der Waals surface area contributed by atoms with Gasteiger partial charge in [-0.3, -0.25) is 0 Å². The maximum absolute atomic E-state index is 3.49. The molecule has 1 aliphatic carbocycles. The molecule has 1 saturated heterocycles. The molecule has 0 bridgehead atoms. The highest BCUT2D eigenvalue weighted by molar-refractivity contribution is 5.57. The van der Waals surface area contributed by atoms with E-state index in [0.717, 1.165) is 32.6 Å². The summed E-state index contributed by atoms with van der Waals surface area (Å²) in [6, 6.07) is 7.29. The van der Waals surface area contributed by atoms with Gasteiger partial charge in [-0.1, -0.05) is 46.8 Å². The topological polar surface area (TPSA) is 15.3 Å². The van der Waals surface area contributed by atoms with Gasteiger partial charge in [0.25, 0.3) is 0 Å². The number of hydrogen-bond acceptors (Lipinski definition) is 2. The maximum Gasteiger partial charge on any atom is 0.0402 e. The highest BCUT2D eigenvalue weighted by Crippen LogP contribution is 2.53. The molecule has 3 rings (SSSR count). The van der Waals surface area contributed by atoms with Crippen molar-refractivity contribution in [3.05, 3.63) is 29.3 Å². The zero-order valence-electron chi connectivity index (χ0n) is 16.4. The van der Waals surface area contributed by atoms with Crippen molar-refractivity contribution in [1.29, 1.82) is 0 Å². The Morgan fingerprint density at radius 3 is 2.25 bits per heavy atom. The van der Waals surface area contributed by atoms with Crippen LogP contribution in [0.3, 0.4) is 0 Å². The molecule has 1 saturated carbocycles. The highest BCUT2D eigenvalue weighted by Gasteiger charge is 2.39. The van der Waals surface area contributed by atoms with E-state index in [4.69, 9.17) is 0 Å². The summed E-state index contributed by atoms with van der Waals surface area (Å²) in [4.78, 5) is 2.61. The van der Waals surface area contributed by atoms with Crippen molar-refractivity contribution in [3.8, 4) is 0 Å². The Bertz CT molecular complexity index is 551. The molecule has 0 spiro atoms. The fourth-order valence-electron chi connectivity index (χ4n) is 5.41. The first-order valence-corrected chi connectivity index (χ1v) is 9.88. The van der Waals surface area contributed by atoms with Crippen molar-refractivity contribution in [2.24, 2.45) is 10.8 Å². The van der Waals surface area contributed by atoms with Gasteiger partial charge < -0.3 is 10.2 Å². The number of benzene rings is 1. The zero-order chi connectivity index (χ0) is 17.4. The molecule has 24 heavy (non-hydrogen) atoms. The van der Waals surface area contributed by atoms with E-state index in [1.165, 1.54) is 30.5 Å². The molecule has 2 heteroatoms. The Morgan fingerprint density at radius 1 is 1.04 bits per heavy atom. The molecule has 1 aliphatic heterocycles. The molecule has 1 N–H and O–H groups in total. The van der Waals surface area contributed by atoms with E-state index in [2.05, 4.69) is 63.0 Å². The molecule has 0 radical (unpaired) electrons.